The minimum Gasteiger partial charge on any atom is -0.446 e. The zero-order chi connectivity index (χ0) is 18.5. The Bertz CT molecular complexity index is 1220. The van der Waals surface area contributed by atoms with Crippen LogP contribution in [-0.4, -0.2) is 21.8 Å². The van der Waals surface area contributed by atoms with Gasteiger partial charge in [0.2, 0.25) is 17.5 Å². The summed E-state index contributed by atoms with van der Waals surface area (Å²) >= 11 is 0. The van der Waals surface area contributed by atoms with Gasteiger partial charge in [0.25, 0.3) is 0 Å². The maximum Gasteiger partial charge on any atom is 0.234 e. The number of benzene rings is 1. The summed E-state index contributed by atoms with van der Waals surface area (Å²) in [7, 11) is 0. The Morgan fingerprint density at radius 1 is 1.15 bits per heavy atom. The molecule has 4 heterocycles. The van der Waals surface area contributed by atoms with Gasteiger partial charge in [0.05, 0.1) is 23.6 Å². The minimum atomic E-state index is -0.382. The molecule has 1 fully saturated rings. The van der Waals surface area contributed by atoms with E-state index in [1.807, 2.05) is 12.1 Å². The number of carbonyl (C=O) groups excluding carboxylic acids is 2. The van der Waals surface area contributed by atoms with Crippen molar-refractivity contribution in [3.8, 4) is 11.4 Å². The molecular formula is C21H17N3O3. The molecule has 1 aliphatic heterocycles. The number of aryl methyl sites for hydroxylation is 1. The van der Waals surface area contributed by atoms with Crippen LogP contribution in [0.15, 0.2) is 47.1 Å². The zero-order valence-electron chi connectivity index (χ0n) is 14.7. The second-order valence-electron chi connectivity index (χ2n) is 7.02. The number of aromatic amines is 1. The lowest BCUT2D eigenvalue weighted by Crippen LogP contribution is -2.39. The highest BCUT2D eigenvalue weighted by atomic mass is 16.3. The number of furan rings is 1. The van der Waals surface area contributed by atoms with E-state index in [0.717, 1.165) is 33.2 Å². The van der Waals surface area contributed by atoms with Gasteiger partial charge in [-0.2, -0.15) is 0 Å². The van der Waals surface area contributed by atoms with E-state index in [0.29, 0.717) is 18.6 Å². The van der Waals surface area contributed by atoms with Gasteiger partial charge in [0.1, 0.15) is 0 Å². The number of imide groups is 1. The average Bonchev–Trinajstić information content (AvgIpc) is 3.25. The number of aromatic nitrogens is 2. The molecule has 0 spiro atoms. The van der Waals surface area contributed by atoms with Gasteiger partial charge >= 0.3 is 0 Å². The smallest absolute Gasteiger partial charge is 0.234 e. The van der Waals surface area contributed by atoms with Crippen molar-refractivity contribution in [2.24, 2.45) is 0 Å². The molecular weight excluding hydrogens is 342 g/mol. The van der Waals surface area contributed by atoms with Crippen LogP contribution in [0.25, 0.3) is 33.4 Å². The third-order valence-electron chi connectivity index (χ3n) is 5.14. The third kappa shape index (κ3) is 2.61. The molecule has 1 unspecified atom stereocenters. The fourth-order valence-corrected chi connectivity index (χ4v) is 3.72. The normalized spacial score (nSPS) is 17.6. The molecule has 1 saturated heterocycles. The van der Waals surface area contributed by atoms with Crippen LogP contribution in [-0.2, 0) is 9.59 Å². The molecule has 5 rings (SSSR count). The monoisotopic (exact) mass is 359 g/mol. The molecule has 2 amide bonds. The highest BCUT2D eigenvalue weighted by Crippen LogP contribution is 2.33. The van der Waals surface area contributed by atoms with Gasteiger partial charge in [0, 0.05) is 28.3 Å². The predicted molar refractivity (Wildman–Crippen MR) is 101 cm³/mol. The highest BCUT2D eigenvalue weighted by molar-refractivity contribution is 6.02. The molecule has 1 aromatic carbocycles. The first-order valence-electron chi connectivity index (χ1n) is 8.90. The summed E-state index contributed by atoms with van der Waals surface area (Å²) in [4.78, 5) is 31.6. The van der Waals surface area contributed by atoms with E-state index in [1.54, 1.807) is 6.26 Å². The van der Waals surface area contributed by atoms with Crippen molar-refractivity contribution in [2.45, 2.75) is 25.7 Å². The minimum absolute atomic E-state index is 0.224. The lowest BCUT2D eigenvalue weighted by Gasteiger charge is -2.19. The topological polar surface area (TPSA) is 88.0 Å². The quantitative estimate of drug-likeness (QED) is 0.533. The Hall–Kier alpha value is -3.41. The number of fused-ring (bicyclic) bond motifs is 2. The number of amides is 2. The van der Waals surface area contributed by atoms with Crippen molar-refractivity contribution in [2.75, 3.05) is 0 Å². The van der Waals surface area contributed by atoms with Crippen LogP contribution in [0, 0.1) is 6.92 Å². The van der Waals surface area contributed by atoms with E-state index in [2.05, 4.69) is 46.5 Å². The van der Waals surface area contributed by atoms with Gasteiger partial charge in [-0.3, -0.25) is 14.9 Å². The summed E-state index contributed by atoms with van der Waals surface area (Å²) in [5.41, 5.74) is 5.22. The lowest BCUT2D eigenvalue weighted by molar-refractivity contribution is -0.134. The molecule has 6 nitrogen and oxygen atoms in total. The number of carbonyl (C=O) groups is 2. The van der Waals surface area contributed by atoms with Crippen LogP contribution in [0.5, 0.6) is 0 Å². The Labute approximate surface area is 154 Å². The molecule has 3 aromatic heterocycles. The van der Waals surface area contributed by atoms with E-state index in [4.69, 9.17) is 4.42 Å². The van der Waals surface area contributed by atoms with Gasteiger partial charge < -0.3 is 9.40 Å². The van der Waals surface area contributed by atoms with Crippen molar-refractivity contribution < 1.29 is 14.0 Å². The molecule has 4 aromatic rings. The predicted octanol–water partition coefficient (Wildman–Crippen LogP) is 3.80. The summed E-state index contributed by atoms with van der Waals surface area (Å²) in [6, 6.07) is 12.2. The number of nitrogens with zero attached hydrogens (tertiary/aromatic N) is 1. The molecule has 0 aliphatic carbocycles. The number of piperidine rings is 1. The van der Waals surface area contributed by atoms with Crippen molar-refractivity contribution in [3.05, 3.63) is 53.8 Å². The fourth-order valence-electron chi connectivity index (χ4n) is 3.72. The first-order valence-corrected chi connectivity index (χ1v) is 8.90. The van der Waals surface area contributed by atoms with Crippen molar-refractivity contribution in [1.82, 2.24) is 15.3 Å². The summed E-state index contributed by atoms with van der Waals surface area (Å²) in [6.07, 6.45) is 2.40. The maximum atomic E-state index is 12.2. The standard InChI is InChI=1S/C21H17N3O3/c1-11-2-3-12-9-18(22-17(12)8-11)16-6-4-14-15(10-27-21(14)23-16)13-5-7-19(25)24-20(13)26/h2-4,6,8-10,13,22H,5,7H2,1H3,(H,24,25,26). The summed E-state index contributed by atoms with van der Waals surface area (Å²) in [6.45, 7) is 2.06. The SMILES string of the molecule is Cc1ccc2cc(-c3ccc4c(C5CCC(=O)NC5=O)coc4n3)[nH]c2c1. The van der Waals surface area contributed by atoms with E-state index >= 15 is 0 Å². The van der Waals surface area contributed by atoms with Gasteiger partial charge in [-0.05, 0) is 43.2 Å². The van der Waals surface area contributed by atoms with Crippen LogP contribution >= 0.6 is 0 Å². The number of rotatable bonds is 2. The van der Waals surface area contributed by atoms with Crippen LogP contribution in [0.4, 0.5) is 0 Å². The van der Waals surface area contributed by atoms with Gasteiger partial charge in [-0.15, -0.1) is 0 Å². The Balaban J connectivity index is 1.54. The van der Waals surface area contributed by atoms with Crippen LogP contribution in [0.3, 0.4) is 0 Å². The molecule has 0 saturated carbocycles. The largest absolute Gasteiger partial charge is 0.446 e. The molecule has 2 N–H and O–H groups in total. The second kappa shape index (κ2) is 5.81. The molecule has 27 heavy (non-hydrogen) atoms. The van der Waals surface area contributed by atoms with Crippen molar-refractivity contribution in [1.29, 1.82) is 0 Å². The molecule has 1 atom stereocenters. The summed E-state index contributed by atoms with van der Waals surface area (Å²) in [5, 5.41) is 4.33. The zero-order valence-corrected chi connectivity index (χ0v) is 14.7. The van der Waals surface area contributed by atoms with Crippen LogP contribution in [0.2, 0.25) is 0 Å². The number of hydrogen-bond donors (Lipinski definition) is 2. The lowest BCUT2D eigenvalue weighted by atomic mass is 9.90. The van der Waals surface area contributed by atoms with E-state index in [-0.39, 0.29) is 17.7 Å². The molecule has 0 radical (unpaired) electrons. The Morgan fingerprint density at radius 2 is 2.04 bits per heavy atom. The van der Waals surface area contributed by atoms with E-state index < -0.39 is 0 Å². The van der Waals surface area contributed by atoms with E-state index in [9.17, 15) is 9.59 Å². The fraction of sp³-hybridized carbons (Fsp3) is 0.190. The number of H-pyrrole nitrogens is 1. The van der Waals surface area contributed by atoms with E-state index in [1.165, 1.54) is 5.56 Å². The summed E-state index contributed by atoms with van der Waals surface area (Å²) < 4.78 is 5.64. The third-order valence-corrected chi connectivity index (χ3v) is 5.14. The maximum absolute atomic E-state index is 12.2. The highest BCUT2D eigenvalue weighted by Gasteiger charge is 2.30. The van der Waals surface area contributed by atoms with Crippen molar-refractivity contribution >= 4 is 33.8 Å². The van der Waals surface area contributed by atoms with Crippen LogP contribution < -0.4 is 5.32 Å². The number of nitrogens with one attached hydrogen (secondary N) is 2. The summed E-state index contributed by atoms with van der Waals surface area (Å²) in [5.74, 6) is -0.879. The Morgan fingerprint density at radius 3 is 2.89 bits per heavy atom. The van der Waals surface area contributed by atoms with Gasteiger partial charge in [-0.25, -0.2) is 4.98 Å². The molecule has 0 bridgehead atoms. The first-order chi connectivity index (χ1) is 13.1. The number of hydrogen-bond acceptors (Lipinski definition) is 4. The van der Waals surface area contributed by atoms with Gasteiger partial charge in [-0.1, -0.05) is 12.1 Å². The Kier molecular flexibility index (Phi) is 3.40. The molecule has 134 valence electrons. The molecule has 1 aliphatic rings. The van der Waals surface area contributed by atoms with Crippen LogP contribution in [0.1, 0.15) is 29.9 Å². The first kappa shape index (κ1) is 15.8. The molecule has 6 heteroatoms. The van der Waals surface area contributed by atoms with Gasteiger partial charge in [0.15, 0.2) is 0 Å². The van der Waals surface area contributed by atoms with Crippen molar-refractivity contribution in [3.63, 3.8) is 0 Å². The number of pyridine rings is 1. The second-order valence-corrected chi connectivity index (χ2v) is 7.02. The average molecular weight is 359 g/mol.